The number of hydrogen-bond acceptors (Lipinski definition) is 1. The van der Waals surface area contributed by atoms with Gasteiger partial charge in [-0.3, -0.25) is 0 Å². The average Bonchev–Trinajstić information content (AvgIpc) is 2.30. The Kier molecular flexibility index (Phi) is 5.87. The van der Waals surface area contributed by atoms with Gasteiger partial charge in [-0.05, 0) is 36.1 Å². The van der Waals surface area contributed by atoms with Crippen molar-refractivity contribution in [2.24, 2.45) is 5.92 Å². The van der Waals surface area contributed by atoms with Crippen LogP contribution in [0.15, 0.2) is 61.4 Å². The molecule has 1 aromatic rings. The number of rotatable bonds is 6. The topological polar surface area (TPSA) is 9.23 Å². The lowest BCUT2D eigenvalue weighted by Crippen LogP contribution is -1.93. The summed E-state index contributed by atoms with van der Waals surface area (Å²) in [6.45, 7) is 8.03. The molecule has 0 saturated carbocycles. The van der Waals surface area contributed by atoms with Gasteiger partial charge in [0.15, 0.2) is 0 Å². The summed E-state index contributed by atoms with van der Waals surface area (Å²) >= 11 is 0. The van der Waals surface area contributed by atoms with Gasteiger partial charge in [0.05, 0.1) is 6.26 Å². The number of ether oxygens (including phenoxy) is 1. The van der Waals surface area contributed by atoms with Gasteiger partial charge in [-0.25, -0.2) is 0 Å². The van der Waals surface area contributed by atoms with Gasteiger partial charge < -0.3 is 4.74 Å². The summed E-state index contributed by atoms with van der Waals surface area (Å²) < 4.78 is 5.45. The van der Waals surface area contributed by atoms with Crippen molar-refractivity contribution in [2.75, 3.05) is 0 Å². The van der Waals surface area contributed by atoms with Crippen LogP contribution in [0.4, 0.5) is 0 Å². The van der Waals surface area contributed by atoms with Crippen LogP contribution in [-0.2, 0) is 6.42 Å². The molecule has 17 heavy (non-hydrogen) atoms. The first kappa shape index (κ1) is 13.3. The Bertz CT molecular complexity index is 382. The van der Waals surface area contributed by atoms with E-state index in [9.17, 15) is 0 Å². The third kappa shape index (κ3) is 5.76. The van der Waals surface area contributed by atoms with Crippen molar-refractivity contribution in [2.45, 2.75) is 20.3 Å². The highest BCUT2D eigenvalue weighted by molar-refractivity contribution is 5.28. The van der Waals surface area contributed by atoms with E-state index >= 15 is 0 Å². The van der Waals surface area contributed by atoms with E-state index in [-0.39, 0.29) is 0 Å². The SMILES string of the molecule is C=C/C=C\C=C/Oc1ccc(CC(C)C)cc1. The Morgan fingerprint density at radius 3 is 2.41 bits per heavy atom. The predicted molar refractivity (Wildman–Crippen MR) is 74.1 cm³/mol. The van der Waals surface area contributed by atoms with Crippen LogP contribution >= 0.6 is 0 Å². The summed E-state index contributed by atoms with van der Waals surface area (Å²) in [5.41, 5.74) is 1.35. The lowest BCUT2D eigenvalue weighted by Gasteiger charge is -2.05. The second-order valence-corrected chi connectivity index (χ2v) is 4.31. The minimum Gasteiger partial charge on any atom is -0.465 e. The van der Waals surface area contributed by atoms with E-state index in [1.165, 1.54) is 5.56 Å². The lowest BCUT2D eigenvalue weighted by atomic mass is 10.0. The summed E-state index contributed by atoms with van der Waals surface area (Å²) in [6, 6.07) is 8.23. The van der Waals surface area contributed by atoms with E-state index in [0.29, 0.717) is 5.92 Å². The third-order valence-corrected chi connectivity index (χ3v) is 2.21. The maximum atomic E-state index is 5.45. The molecule has 0 N–H and O–H groups in total. The Morgan fingerprint density at radius 1 is 1.12 bits per heavy atom. The van der Waals surface area contributed by atoms with Crippen LogP contribution in [0, 0.1) is 5.92 Å². The Hall–Kier alpha value is -1.76. The lowest BCUT2D eigenvalue weighted by molar-refractivity contribution is 0.481. The first-order chi connectivity index (χ1) is 8.22. The average molecular weight is 228 g/mol. The monoisotopic (exact) mass is 228 g/mol. The van der Waals surface area contributed by atoms with Crippen molar-refractivity contribution in [3.8, 4) is 5.75 Å². The molecule has 0 spiro atoms. The van der Waals surface area contributed by atoms with Gasteiger partial charge in [0.2, 0.25) is 0 Å². The Balaban J connectivity index is 2.48. The minimum atomic E-state index is 0.686. The van der Waals surface area contributed by atoms with Crippen LogP contribution in [0.5, 0.6) is 5.75 Å². The van der Waals surface area contributed by atoms with E-state index in [4.69, 9.17) is 4.74 Å². The van der Waals surface area contributed by atoms with Crippen LogP contribution in [0.25, 0.3) is 0 Å². The number of hydrogen-bond donors (Lipinski definition) is 0. The van der Waals surface area contributed by atoms with Crippen molar-refractivity contribution in [1.29, 1.82) is 0 Å². The molecule has 0 radical (unpaired) electrons. The standard InChI is InChI=1S/C16H20O/c1-4-5-6-7-12-17-16-10-8-15(9-11-16)13-14(2)3/h4-12,14H,1,13H2,2-3H3/b6-5-,12-7-. The molecule has 1 rings (SSSR count). The molecule has 0 fully saturated rings. The maximum Gasteiger partial charge on any atom is 0.126 e. The second-order valence-electron chi connectivity index (χ2n) is 4.31. The van der Waals surface area contributed by atoms with E-state index < -0.39 is 0 Å². The molecule has 0 unspecified atom stereocenters. The first-order valence-electron chi connectivity index (χ1n) is 5.92. The number of benzene rings is 1. The van der Waals surface area contributed by atoms with Gasteiger partial charge in [-0.15, -0.1) is 0 Å². The zero-order chi connectivity index (χ0) is 12.5. The molecule has 0 aliphatic rings. The zero-order valence-electron chi connectivity index (χ0n) is 10.6. The largest absolute Gasteiger partial charge is 0.465 e. The van der Waals surface area contributed by atoms with Crippen LogP contribution < -0.4 is 4.74 Å². The Morgan fingerprint density at radius 2 is 1.82 bits per heavy atom. The summed E-state index contributed by atoms with van der Waals surface area (Å²) in [4.78, 5) is 0. The molecule has 0 amide bonds. The first-order valence-corrected chi connectivity index (χ1v) is 5.92. The molecule has 90 valence electrons. The molecule has 1 heteroatoms. The van der Waals surface area contributed by atoms with E-state index in [1.54, 1.807) is 12.3 Å². The van der Waals surface area contributed by atoms with Gasteiger partial charge in [0, 0.05) is 0 Å². The smallest absolute Gasteiger partial charge is 0.126 e. The molecular formula is C16H20O. The fourth-order valence-electron chi connectivity index (χ4n) is 1.48. The normalized spacial score (nSPS) is 11.5. The second kappa shape index (κ2) is 7.50. The van der Waals surface area contributed by atoms with Crippen molar-refractivity contribution in [3.05, 3.63) is 67.0 Å². The van der Waals surface area contributed by atoms with Crippen LogP contribution in [0.2, 0.25) is 0 Å². The molecule has 1 aromatic carbocycles. The van der Waals surface area contributed by atoms with E-state index in [0.717, 1.165) is 12.2 Å². The molecule has 0 bridgehead atoms. The van der Waals surface area contributed by atoms with Crippen molar-refractivity contribution >= 4 is 0 Å². The molecular weight excluding hydrogens is 208 g/mol. The van der Waals surface area contributed by atoms with Gasteiger partial charge in [0.25, 0.3) is 0 Å². The third-order valence-electron chi connectivity index (χ3n) is 2.21. The van der Waals surface area contributed by atoms with Crippen LogP contribution in [0.1, 0.15) is 19.4 Å². The van der Waals surface area contributed by atoms with Crippen molar-refractivity contribution < 1.29 is 4.74 Å². The van der Waals surface area contributed by atoms with Gasteiger partial charge in [-0.1, -0.05) is 50.8 Å². The molecule has 1 nitrogen and oxygen atoms in total. The number of allylic oxidation sites excluding steroid dienone is 4. The molecule has 0 aliphatic carbocycles. The highest BCUT2D eigenvalue weighted by Gasteiger charge is 1.97. The molecule has 0 aliphatic heterocycles. The molecule has 0 atom stereocenters. The predicted octanol–water partition coefficient (Wildman–Crippen LogP) is 4.52. The summed E-state index contributed by atoms with van der Waals surface area (Å²) in [6.07, 6.45) is 10.1. The van der Waals surface area contributed by atoms with Gasteiger partial charge in [-0.2, -0.15) is 0 Å². The quantitative estimate of drug-likeness (QED) is 0.514. The fraction of sp³-hybridized carbons (Fsp3) is 0.250. The molecule has 0 heterocycles. The minimum absolute atomic E-state index is 0.686. The highest BCUT2D eigenvalue weighted by Crippen LogP contribution is 2.15. The van der Waals surface area contributed by atoms with Gasteiger partial charge in [0.1, 0.15) is 5.75 Å². The zero-order valence-corrected chi connectivity index (χ0v) is 10.6. The van der Waals surface area contributed by atoms with Crippen molar-refractivity contribution in [1.82, 2.24) is 0 Å². The van der Waals surface area contributed by atoms with E-state index in [1.807, 2.05) is 30.4 Å². The van der Waals surface area contributed by atoms with Gasteiger partial charge >= 0.3 is 0 Å². The molecule has 0 saturated heterocycles. The molecule has 0 aromatic heterocycles. The van der Waals surface area contributed by atoms with Crippen LogP contribution in [0.3, 0.4) is 0 Å². The Labute approximate surface area is 104 Å². The van der Waals surface area contributed by atoms with Crippen molar-refractivity contribution in [3.63, 3.8) is 0 Å². The summed E-state index contributed by atoms with van der Waals surface area (Å²) in [5.74, 6) is 1.55. The van der Waals surface area contributed by atoms with E-state index in [2.05, 4.69) is 32.6 Å². The maximum absolute atomic E-state index is 5.45. The fourth-order valence-corrected chi connectivity index (χ4v) is 1.48. The summed E-state index contributed by atoms with van der Waals surface area (Å²) in [7, 11) is 0. The summed E-state index contributed by atoms with van der Waals surface area (Å²) in [5, 5.41) is 0. The highest BCUT2D eigenvalue weighted by atomic mass is 16.5. The van der Waals surface area contributed by atoms with Crippen LogP contribution in [-0.4, -0.2) is 0 Å².